The molecule has 0 unspecified atom stereocenters. The Hall–Kier alpha value is -3.08. The first-order chi connectivity index (χ1) is 12.1. The van der Waals surface area contributed by atoms with Crippen molar-refractivity contribution in [1.29, 1.82) is 0 Å². The van der Waals surface area contributed by atoms with Gasteiger partial charge in [-0.15, -0.1) is 0 Å². The third-order valence-electron chi connectivity index (χ3n) is 4.12. The van der Waals surface area contributed by atoms with Crippen molar-refractivity contribution >= 4 is 16.8 Å². The van der Waals surface area contributed by atoms with Gasteiger partial charge in [-0.3, -0.25) is 9.59 Å². The van der Waals surface area contributed by atoms with Crippen molar-refractivity contribution in [3.63, 3.8) is 0 Å². The van der Waals surface area contributed by atoms with E-state index in [0.29, 0.717) is 24.1 Å². The summed E-state index contributed by atoms with van der Waals surface area (Å²) in [4.78, 5) is 27.1. The topological polar surface area (TPSA) is 71.2 Å². The summed E-state index contributed by atoms with van der Waals surface area (Å²) in [5.41, 5.74) is 2.97. The highest BCUT2D eigenvalue weighted by Gasteiger charge is 2.07. The Morgan fingerprint density at radius 1 is 1.12 bits per heavy atom. The molecular formula is C20H20N2O3. The summed E-state index contributed by atoms with van der Waals surface area (Å²) < 4.78 is 5.21. The smallest absolute Gasteiger partial charge is 0.251 e. The van der Waals surface area contributed by atoms with Gasteiger partial charge in [-0.25, -0.2) is 0 Å². The van der Waals surface area contributed by atoms with Gasteiger partial charge in [0.2, 0.25) is 0 Å². The molecule has 0 saturated heterocycles. The van der Waals surface area contributed by atoms with Gasteiger partial charge in [-0.05, 0) is 49.7 Å². The van der Waals surface area contributed by atoms with Gasteiger partial charge in [0.1, 0.15) is 5.75 Å². The van der Waals surface area contributed by atoms with Crippen LogP contribution in [0, 0.1) is 6.92 Å². The highest BCUT2D eigenvalue weighted by molar-refractivity contribution is 5.94. The van der Waals surface area contributed by atoms with Crippen LogP contribution in [-0.4, -0.2) is 24.5 Å². The summed E-state index contributed by atoms with van der Waals surface area (Å²) in [7, 11) is 1.61. The van der Waals surface area contributed by atoms with Crippen molar-refractivity contribution in [2.45, 2.75) is 13.3 Å². The van der Waals surface area contributed by atoms with Crippen LogP contribution in [0.5, 0.6) is 5.75 Å². The number of pyridine rings is 1. The van der Waals surface area contributed by atoms with Crippen LogP contribution >= 0.6 is 0 Å². The molecule has 0 fully saturated rings. The summed E-state index contributed by atoms with van der Waals surface area (Å²) >= 11 is 0. The predicted molar refractivity (Wildman–Crippen MR) is 98.3 cm³/mol. The summed E-state index contributed by atoms with van der Waals surface area (Å²) in [5, 5.41) is 3.75. The zero-order chi connectivity index (χ0) is 17.8. The third-order valence-corrected chi connectivity index (χ3v) is 4.12. The first-order valence-electron chi connectivity index (χ1n) is 8.11. The van der Waals surface area contributed by atoms with E-state index in [1.165, 1.54) is 0 Å². The molecule has 5 nitrogen and oxygen atoms in total. The number of H-pyrrole nitrogens is 1. The van der Waals surface area contributed by atoms with E-state index in [0.717, 1.165) is 22.2 Å². The van der Waals surface area contributed by atoms with Gasteiger partial charge < -0.3 is 15.0 Å². The quantitative estimate of drug-likeness (QED) is 0.752. The molecule has 128 valence electrons. The SMILES string of the molecule is COc1ccc2[nH]c(=O)c(CCNC(=O)c3ccc(C)cc3)cc2c1. The number of aryl methyl sites for hydroxylation is 1. The van der Waals surface area contributed by atoms with E-state index in [9.17, 15) is 9.59 Å². The highest BCUT2D eigenvalue weighted by Crippen LogP contribution is 2.18. The Bertz CT molecular complexity index is 959. The maximum Gasteiger partial charge on any atom is 0.251 e. The number of hydrogen-bond acceptors (Lipinski definition) is 3. The van der Waals surface area contributed by atoms with E-state index in [4.69, 9.17) is 4.74 Å². The van der Waals surface area contributed by atoms with Crippen LogP contribution in [0.3, 0.4) is 0 Å². The standard InChI is InChI=1S/C20H20N2O3/c1-13-3-5-14(6-4-13)19(23)21-10-9-15-11-16-12-17(25-2)7-8-18(16)22-20(15)24/h3-8,11-12H,9-10H2,1-2H3,(H,21,23)(H,22,24). The number of fused-ring (bicyclic) bond motifs is 1. The number of amides is 1. The van der Waals surface area contributed by atoms with E-state index >= 15 is 0 Å². The second-order valence-corrected chi connectivity index (χ2v) is 5.95. The highest BCUT2D eigenvalue weighted by atomic mass is 16.5. The number of benzene rings is 2. The van der Waals surface area contributed by atoms with Crippen molar-refractivity contribution in [3.05, 3.63) is 75.6 Å². The molecule has 3 aromatic rings. The zero-order valence-electron chi connectivity index (χ0n) is 14.3. The van der Waals surface area contributed by atoms with Gasteiger partial charge >= 0.3 is 0 Å². The van der Waals surface area contributed by atoms with E-state index in [1.54, 1.807) is 25.3 Å². The average Bonchev–Trinajstić information content (AvgIpc) is 2.62. The number of ether oxygens (including phenoxy) is 1. The van der Waals surface area contributed by atoms with Crippen molar-refractivity contribution in [2.24, 2.45) is 0 Å². The lowest BCUT2D eigenvalue weighted by Gasteiger charge is -2.07. The van der Waals surface area contributed by atoms with Crippen molar-refractivity contribution < 1.29 is 9.53 Å². The molecule has 25 heavy (non-hydrogen) atoms. The number of rotatable bonds is 5. The Labute approximate surface area is 145 Å². The molecule has 2 aromatic carbocycles. The maximum atomic E-state index is 12.2. The normalized spacial score (nSPS) is 10.6. The second-order valence-electron chi connectivity index (χ2n) is 5.95. The molecule has 0 spiro atoms. The van der Waals surface area contributed by atoms with E-state index in [-0.39, 0.29) is 11.5 Å². The lowest BCUT2D eigenvalue weighted by Crippen LogP contribution is -2.27. The van der Waals surface area contributed by atoms with Crippen LogP contribution in [0.25, 0.3) is 10.9 Å². The first-order valence-corrected chi connectivity index (χ1v) is 8.11. The van der Waals surface area contributed by atoms with Gasteiger partial charge in [0, 0.05) is 28.6 Å². The summed E-state index contributed by atoms with van der Waals surface area (Å²) in [5.74, 6) is 0.594. The van der Waals surface area contributed by atoms with Crippen molar-refractivity contribution in [2.75, 3.05) is 13.7 Å². The van der Waals surface area contributed by atoms with Crippen LogP contribution in [0.4, 0.5) is 0 Å². The first kappa shape index (κ1) is 16.8. The lowest BCUT2D eigenvalue weighted by molar-refractivity contribution is 0.0954. The molecular weight excluding hydrogens is 316 g/mol. The average molecular weight is 336 g/mol. The summed E-state index contributed by atoms with van der Waals surface area (Å²) in [6.45, 7) is 2.37. The lowest BCUT2D eigenvalue weighted by atomic mass is 10.1. The molecule has 5 heteroatoms. The fourth-order valence-corrected chi connectivity index (χ4v) is 2.66. The number of carbonyl (C=O) groups is 1. The number of carbonyl (C=O) groups excluding carboxylic acids is 1. The van der Waals surface area contributed by atoms with Gasteiger partial charge in [-0.1, -0.05) is 17.7 Å². The molecule has 0 aliphatic heterocycles. The molecule has 1 heterocycles. The molecule has 0 bridgehead atoms. The number of methoxy groups -OCH3 is 1. The Morgan fingerprint density at radius 3 is 2.60 bits per heavy atom. The molecule has 0 saturated carbocycles. The number of aromatic amines is 1. The largest absolute Gasteiger partial charge is 0.497 e. The van der Waals surface area contributed by atoms with Crippen LogP contribution < -0.4 is 15.6 Å². The number of hydrogen-bond donors (Lipinski definition) is 2. The Balaban J connectivity index is 1.70. The molecule has 0 aliphatic carbocycles. The van der Waals surface area contributed by atoms with Gasteiger partial charge in [-0.2, -0.15) is 0 Å². The van der Waals surface area contributed by atoms with E-state index in [1.807, 2.05) is 37.3 Å². The second kappa shape index (κ2) is 7.21. The van der Waals surface area contributed by atoms with Gasteiger partial charge in [0.25, 0.3) is 11.5 Å². The van der Waals surface area contributed by atoms with Crippen LogP contribution in [0.2, 0.25) is 0 Å². The molecule has 0 radical (unpaired) electrons. The molecule has 3 rings (SSSR count). The molecule has 1 aromatic heterocycles. The van der Waals surface area contributed by atoms with Crippen LogP contribution in [0.1, 0.15) is 21.5 Å². The Morgan fingerprint density at radius 2 is 1.88 bits per heavy atom. The monoisotopic (exact) mass is 336 g/mol. The third kappa shape index (κ3) is 3.88. The fraction of sp³-hybridized carbons (Fsp3) is 0.200. The van der Waals surface area contributed by atoms with Crippen molar-refractivity contribution in [3.8, 4) is 5.75 Å². The molecule has 0 aliphatic rings. The molecule has 1 amide bonds. The molecule has 0 atom stereocenters. The van der Waals surface area contributed by atoms with E-state index in [2.05, 4.69) is 10.3 Å². The minimum atomic E-state index is -0.140. The minimum Gasteiger partial charge on any atom is -0.497 e. The van der Waals surface area contributed by atoms with Crippen LogP contribution in [0.15, 0.2) is 53.3 Å². The minimum absolute atomic E-state index is 0.137. The van der Waals surface area contributed by atoms with Gasteiger partial charge in [0.05, 0.1) is 7.11 Å². The number of aromatic nitrogens is 1. The fourth-order valence-electron chi connectivity index (χ4n) is 2.66. The number of nitrogens with one attached hydrogen (secondary N) is 2. The molecule has 2 N–H and O–H groups in total. The summed E-state index contributed by atoms with van der Waals surface area (Å²) in [6, 6.07) is 14.7. The zero-order valence-corrected chi connectivity index (χ0v) is 14.3. The maximum absolute atomic E-state index is 12.2. The van der Waals surface area contributed by atoms with Crippen molar-refractivity contribution in [1.82, 2.24) is 10.3 Å². The predicted octanol–water partition coefficient (Wildman–Crippen LogP) is 2.82. The van der Waals surface area contributed by atoms with Crippen LogP contribution in [-0.2, 0) is 6.42 Å². The van der Waals surface area contributed by atoms with E-state index < -0.39 is 0 Å². The summed E-state index contributed by atoms with van der Waals surface area (Å²) in [6.07, 6.45) is 0.458. The Kier molecular flexibility index (Phi) is 4.84. The van der Waals surface area contributed by atoms with Gasteiger partial charge in [0.15, 0.2) is 0 Å².